The first-order chi connectivity index (χ1) is 11.9. The number of hydrogen-bond donors (Lipinski definition) is 1. The molecule has 2 aromatic rings. The second-order valence-corrected chi connectivity index (χ2v) is 7.20. The highest BCUT2D eigenvalue weighted by molar-refractivity contribution is 7.90. The van der Waals surface area contributed by atoms with Crippen molar-refractivity contribution in [1.29, 1.82) is 0 Å². The number of benzene rings is 2. The van der Waals surface area contributed by atoms with E-state index in [4.69, 9.17) is 6.42 Å². The molecule has 0 aliphatic carbocycles. The van der Waals surface area contributed by atoms with Crippen LogP contribution in [0.1, 0.15) is 33.2 Å². The molecule has 1 heterocycles. The monoisotopic (exact) mass is 354 g/mol. The Bertz CT molecular complexity index is 1040. The van der Waals surface area contributed by atoms with Crippen molar-refractivity contribution in [2.45, 2.75) is 11.8 Å². The largest absolute Gasteiger partial charge is 0.322 e. The van der Waals surface area contributed by atoms with E-state index in [1.54, 1.807) is 31.2 Å². The number of rotatable bonds is 3. The van der Waals surface area contributed by atoms with Gasteiger partial charge in [0, 0.05) is 23.4 Å². The zero-order valence-corrected chi connectivity index (χ0v) is 14.1. The van der Waals surface area contributed by atoms with E-state index in [-0.39, 0.29) is 22.6 Å². The SMILES string of the molecule is C#Cc1cccc(NC(=O)c2ccc3c(c2)S(=O)(=O)N(CC)C3=O)c1. The Balaban J connectivity index is 1.94. The number of carbonyl (C=O) groups is 2. The average Bonchev–Trinajstić information content (AvgIpc) is 2.80. The molecular formula is C18H14N2O4S. The van der Waals surface area contributed by atoms with Gasteiger partial charge in [0.25, 0.3) is 21.8 Å². The standard InChI is InChI=1S/C18H14N2O4S/c1-3-12-6-5-7-14(10-12)19-17(21)13-8-9-15-16(11-13)25(23,24)20(4-2)18(15)22/h1,5-11H,4H2,2H3,(H,19,21). The number of nitrogens with zero attached hydrogens (tertiary/aromatic N) is 1. The van der Waals surface area contributed by atoms with Crippen LogP contribution in [0, 0.1) is 12.3 Å². The molecule has 0 aromatic heterocycles. The molecule has 2 amide bonds. The smallest absolute Gasteiger partial charge is 0.268 e. The van der Waals surface area contributed by atoms with Crippen molar-refractivity contribution < 1.29 is 18.0 Å². The van der Waals surface area contributed by atoms with Crippen LogP contribution in [0.25, 0.3) is 0 Å². The zero-order valence-electron chi connectivity index (χ0n) is 13.3. The molecule has 0 unspecified atom stereocenters. The fourth-order valence-corrected chi connectivity index (χ4v) is 4.22. The molecule has 0 saturated heterocycles. The predicted molar refractivity (Wildman–Crippen MR) is 92.7 cm³/mol. The van der Waals surface area contributed by atoms with Gasteiger partial charge in [0.2, 0.25) is 0 Å². The number of carbonyl (C=O) groups excluding carboxylic acids is 2. The highest BCUT2D eigenvalue weighted by atomic mass is 32.2. The van der Waals surface area contributed by atoms with E-state index < -0.39 is 21.8 Å². The number of anilines is 1. The molecule has 126 valence electrons. The Morgan fingerprint density at radius 1 is 1.24 bits per heavy atom. The summed E-state index contributed by atoms with van der Waals surface area (Å²) in [6.07, 6.45) is 5.33. The minimum absolute atomic E-state index is 0.0380. The molecule has 0 spiro atoms. The normalized spacial score (nSPS) is 14.7. The topological polar surface area (TPSA) is 83.6 Å². The van der Waals surface area contributed by atoms with Gasteiger partial charge in [-0.1, -0.05) is 12.0 Å². The molecule has 0 atom stereocenters. The highest BCUT2D eigenvalue weighted by Gasteiger charge is 2.40. The van der Waals surface area contributed by atoms with Crippen molar-refractivity contribution in [3.05, 3.63) is 59.2 Å². The summed E-state index contributed by atoms with van der Waals surface area (Å²) in [5.41, 5.74) is 1.32. The maximum Gasteiger partial charge on any atom is 0.268 e. The Labute approximate surface area is 145 Å². The van der Waals surface area contributed by atoms with Crippen molar-refractivity contribution in [2.24, 2.45) is 0 Å². The number of hydrogen-bond acceptors (Lipinski definition) is 4. The summed E-state index contributed by atoms with van der Waals surface area (Å²) in [6.45, 7) is 1.61. The van der Waals surface area contributed by atoms with Crippen LogP contribution in [0.15, 0.2) is 47.4 Å². The Morgan fingerprint density at radius 2 is 2.00 bits per heavy atom. The van der Waals surface area contributed by atoms with Gasteiger partial charge in [-0.05, 0) is 43.3 Å². The summed E-state index contributed by atoms with van der Waals surface area (Å²) in [6, 6.07) is 10.7. The summed E-state index contributed by atoms with van der Waals surface area (Å²) < 4.78 is 25.6. The van der Waals surface area contributed by atoms with Gasteiger partial charge in [0.05, 0.1) is 5.56 Å². The summed E-state index contributed by atoms with van der Waals surface area (Å²) >= 11 is 0. The van der Waals surface area contributed by atoms with Gasteiger partial charge >= 0.3 is 0 Å². The second-order valence-electron chi connectivity index (χ2n) is 5.37. The average molecular weight is 354 g/mol. The third-order valence-corrected chi connectivity index (χ3v) is 5.74. The van der Waals surface area contributed by atoms with E-state index in [9.17, 15) is 18.0 Å². The second kappa shape index (κ2) is 6.07. The van der Waals surface area contributed by atoms with Crippen LogP contribution in [0.5, 0.6) is 0 Å². The number of nitrogens with one attached hydrogen (secondary N) is 1. The van der Waals surface area contributed by atoms with E-state index in [1.807, 2.05) is 0 Å². The molecule has 0 fully saturated rings. The first kappa shape index (κ1) is 16.7. The number of fused-ring (bicyclic) bond motifs is 1. The minimum Gasteiger partial charge on any atom is -0.322 e. The lowest BCUT2D eigenvalue weighted by atomic mass is 10.1. The van der Waals surface area contributed by atoms with E-state index in [0.29, 0.717) is 11.3 Å². The number of amides is 2. The Morgan fingerprint density at radius 3 is 2.68 bits per heavy atom. The van der Waals surface area contributed by atoms with Crippen molar-refractivity contribution in [1.82, 2.24) is 4.31 Å². The van der Waals surface area contributed by atoms with Gasteiger partial charge < -0.3 is 5.32 Å². The van der Waals surface area contributed by atoms with Gasteiger partial charge in [-0.3, -0.25) is 9.59 Å². The first-order valence-electron chi connectivity index (χ1n) is 7.47. The van der Waals surface area contributed by atoms with Crippen LogP contribution in [0.2, 0.25) is 0 Å². The quantitative estimate of drug-likeness (QED) is 0.856. The van der Waals surface area contributed by atoms with E-state index in [0.717, 1.165) is 4.31 Å². The molecular weight excluding hydrogens is 340 g/mol. The molecule has 6 nitrogen and oxygen atoms in total. The van der Waals surface area contributed by atoms with Gasteiger partial charge in [-0.15, -0.1) is 6.42 Å². The fraction of sp³-hybridized carbons (Fsp3) is 0.111. The lowest BCUT2D eigenvalue weighted by Crippen LogP contribution is -2.29. The summed E-state index contributed by atoms with van der Waals surface area (Å²) in [5, 5.41) is 2.66. The summed E-state index contributed by atoms with van der Waals surface area (Å²) in [4.78, 5) is 24.4. The Kier molecular flexibility index (Phi) is 4.07. The van der Waals surface area contributed by atoms with Crippen molar-refractivity contribution in [3.63, 3.8) is 0 Å². The van der Waals surface area contributed by atoms with Crippen molar-refractivity contribution >= 4 is 27.5 Å². The third-order valence-electron chi connectivity index (χ3n) is 3.84. The van der Waals surface area contributed by atoms with Crippen LogP contribution in [-0.2, 0) is 10.0 Å². The molecule has 0 bridgehead atoms. The van der Waals surface area contributed by atoms with Gasteiger partial charge in [0.1, 0.15) is 4.90 Å². The van der Waals surface area contributed by atoms with Gasteiger partial charge in [0.15, 0.2) is 0 Å². The molecule has 1 aliphatic heterocycles. The maximum atomic E-state index is 12.4. The fourth-order valence-electron chi connectivity index (χ4n) is 2.62. The van der Waals surface area contributed by atoms with E-state index in [2.05, 4.69) is 11.2 Å². The zero-order chi connectivity index (χ0) is 18.2. The summed E-state index contributed by atoms with van der Waals surface area (Å²) in [7, 11) is -3.91. The predicted octanol–water partition coefficient (Wildman–Crippen LogP) is 2.08. The molecule has 3 rings (SSSR count). The summed E-state index contributed by atoms with van der Waals surface area (Å²) in [5.74, 6) is 1.40. The maximum absolute atomic E-state index is 12.4. The number of sulfonamides is 1. The van der Waals surface area contributed by atoms with Crippen LogP contribution >= 0.6 is 0 Å². The first-order valence-corrected chi connectivity index (χ1v) is 8.91. The molecule has 2 aromatic carbocycles. The lowest BCUT2D eigenvalue weighted by Gasteiger charge is -2.11. The molecule has 1 N–H and O–H groups in total. The van der Waals surface area contributed by atoms with Crippen molar-refractivity contribution in [3.8, 4) is 12.3 Å². The molecule has 0 radical (unpaired) electrons. The van der Waals surface area contributed by atoms with Crippen molar-refractivity contribution in [2.75, 3.05) is 11.9 Å². The van der Waals surface area contributed by atoms with Crippen LogP contribution in [-0.4, -0.2) is 31.1 Å². The van der Waals surface area contributed by atoms with Crippen LogP contribution < -0.4 is 5.32 Å². The van der Waals surface area contributed by atoms with Gasteiger partial charge in [-0.2, -0.15) is 0 Å². The molecule has 0 saturated carbocycles. The van der Waals surface area contributed by atoms with Crippen LogP contribution in [0.4, 0.5) is 5.69 Å². The highest BCUT2D eigenvalue weighted by Crippen LogP contribution is 2.30. The Hall–Kier alpha value is -3.11. The molecule has 7 heteroatoms. The molecule has 25 heavy (non-hydrogen) atoms. The van der Waals surface area contributed by atoms with E-state index >= 15 is 0 Å². The van der Waals surface area contributed by atoms with Gasteiger partial charge in [-0.25, -0.2) is 12.7 Å². The lowest BCUT2D eigenvalue weighted by molar-refractivity contribution is 0.0875. The third kappa shape index (κ3) is 2.77. The number of terminal acetylenes is 1. The van der Waals surface area contributed by atoms with E-state index in [1.165, 1.54) is 18.2 Å². The van der Waals surface area contributed by atoms with Crippen LogP contribution in [0.3, 0.4) is 0 Å². The minimum atomic E-state index is -3.91. The molecule has 1 aliphatic rings.